The van der Waals surface area contributed by atoms with E-state index < -0.39 is 0 Å². The van der Waals surface area contributed by atoms with Gasteiger partial charge >= 0.3 is 0 Å². The van der Waals surface area contributed by atoms with Gasteiger partial charge in [0.05, 0.1) is 5.34 Å². The standard InChI is InChI=1S/C2H2Cl2.CH2Cl2/c3-1-2-4;2-1-3/h1-2H;1H2/b2-1+;. The predicted molar refractivity (Wildman–Crippen MR) is 37.4 cm³/mol. The van der Waals surface area contributed by atoms with Gasteiger partial charge in [-0.3, -0.25) is 0 Å². The normalized spacial score (nSPS) is 8.00. The Hall–Kier alpha value is 0.900. The maximum Gasteiger partial charge on any atom is 0.0967 e. The number of hydrogen-bond donors (Lipinski definition) is 0. The molecule has 0 aliphatic carbocycles. The van der Waals surface area contributed by atoms with Crippen LogP contribution in [0.5, 0.6) is 0 Å². The minimum atomic E-state index is 0.194. The van der Waals surface area contributed by atoms with Crippen LogP contribution >= 0.6 is 46.4 Å². The highest BCUT2D eigenvalue weighted by Crippen LogP contribution is 1.78. The van der Waals surface area contributed by atoms with Crippen molar-refractivity contribution in [2.24, 2.45) is 0 Å². The quantitative estimate of drug-likeness (QED) is 0.503. The Labute approximate surface area is 63.0 Å². The molecule has 4 heteroatoms. The summed E-state index contributed by atoms with van der Waals surface area (Å²) in [6.45, 7) is 0. The summed E-state index contributed by atoms with van der Waals surface area (Å²) in [5, 5.41) is 0.194. The van der Waals surface area contributed by atoms with E-state index in [-0.39, 0.29) is 5.34 Å². The number of rotatable bonds is 0. The predicted octanol–water partition coefficient (Wildman–Crippen LogP) is 3.36. The highest BCUT2D eigenvalue weighted by molar-refractivity contribution is 6.40. The fourth-order valence-corrected chi connectivity index (χ4v) is 0. The lowest BCUT2D eigenvalue weighted by Crippen LogP contribution is -1.24. The average molecular weight is 182 g/mol. The zero-order valence-electron chi connectivity index (χ0n) is 3.37. The number of hydrogen-bond acceptors (Lipinski definition) is 0. The topological polar surface area (TPSA) is 0 Å². The van der Waals surface area contributed by atoms with Crippen LogP contribution in [0.25, 0.3) is 0 Å². The highest BCUT2D eigenvalue weighted by Gasteiger charge is 1.41. The van der Waals surface area contributed by atoms with Crippen LogP contribution in [0.15, 0.2) is 11.1 Å². The van der Waals surface area contributed by atoms with E-state index in [2.05, 4.69) is 0 Å². The summed E-state index contributed by atoms with van der Waals surface area (Å²) in [5.41, 5.74) is 2.48. The zero-order valence-corrected chi connectivity index (χ0v) is 6.40. The van der Waals surface area contributed by atoms with Gasteiger partial charge in [-0.05, 0) is 0 Å². The van der Waals surface area contributed by atoms with Crippen LogP contribution in [0.3, 0.4) is 0 Å². The van der Waals surface area contributed by atoms with Crippen LogP contribution in [0.4, 0.5) is 0 Å². The van der Waals surface area contributed by atoms with Crippen LogP contribution in [-0.4, -0.2) is 5.34 Å². The van der Waals surface area contributed by atoms with E-state index in [9.17, 15) is 0 Å². The monoisotopic (exact) mass is 180 g/mol. The molecule has 0 nitrogen and oxygen atoms in total. The first-order chi connectivity index (χ1) is 3.33. The molecule has 0 amide bonds. The van der Waals surface area contributed by atoms with E-state index in [0.29, 0.717) is 0 Å². The maximum atomic E-state index is 4.87. The Bertz CT molecular complexity index is 29.9. The first-order valence-electron chi connectivity index (χ1n) is 1.30. The third-order valence-corrected chi connectivity index (χ3v) is 0.429. The largest absolute Gasteiger partial charge is 0.109 e. The third-order valence-electron chi connectivity index (χ3n) is 0.0476. The highest BCUT2D eigenvalue weighted by atomic mass is 35.5. The molecule has 0 saturated carbocycles. The van der Waals surface area contributed by atoms with Gasteiger partial charge in [-0.2, -0.15) is 0 Å². The maximum absolute atomic E-state index is 4.87. The Morgan fingerprint density at radius 3 is 1.14 bits per heavy atom. The molecular weight excluding hydrogens is 178 g/mol. The van der Waals surface area contributed by atoms with E-state index in [1.165, 1.54) is 11.1 Å². The summed E-state index contributed by atoms with van der Waals surface area (Å²) in [6.07, 6.45) is 0. The lowest BCUT2D eigenvalue weighted by atomic mass is 11.3. The molecular formula is C3H4Cl4. The van der Waals surface area contributed by atoms with Crippen molar-refractivity contribution in [1.29, 1.82) is 0 Å². The van der Waals surface area contributed by atoms with Crippen molar-refractivity contribution in [2.75, 3.05) is 5.34 Å². The molecule has 0 aromatic carbocycles. The summed E-state index contributed by atoms with van der Waals surface area (Å²) in [4.78, 5) is 0. The van der Waals surface area contributed by atoms with Crippen molar-refractivity contribution < 1.29 is 0 Å². The van der Waals surface area contributed by atoms with Crippen molar-refractivity contribution in [3.63, 3.8) is 0 Å². The minimum absolute atomic E-state index is 0.194. The van der Waals surface area contributed by atoms with Crippen LogP contribution < -0.4 is 0 Å². The molecule has 0 aliphatic rings. The van der Waals surface area contributed by atoms with Crippen LogP contribution in [0.2, 0.25) is 0 Å². The first kappa shape index (κ1) is 10.8. The lowest BCUT2D eigenvalue weighted by Gasteiger charge is -1.44. The molecule has 0 saturated heterocycles. The molecule has 0 rings (SSSR count). The molecule has 0 aromatic rings. The van der Waals surface area contributed by atoms with Gasteiger partial charge in [0.1, 0.15) is 0 Å². The molecule has 0 aliphatic heterocycles. The summed E-state index contributed by atoms with van der Waals surface area (Å²) in [5.74, 6) is 0. The summed E-state index contributed by atoms with van der Waals surface area (Å²) < 4.78 is 0. The second kappa shape index (κ2) is 15.8. The zero-order chi connectivity index (χ0) is 6.12. The fourth-order valence-electron chi connectivity index (χ4n) is 0. The van der Waals surface area contributed by atoms with Gasteiger partial charge in [0.15, 0.2) is 0 Å². The molecule has 0 aromatic heterocycles. The Balaban J connectivity index is 0. The molecule has 0 atom stereocenters. The van der Waals surface area contributed by atoms with Crippen molar-refractivity contribution in [2.45, 2.75) is 0 Å². The van der Waals surface area contributed by atoms with Crippen molar-refractivity contribution in [3.8, 4) is 0 Å². The Kier molecular flexibility index (Phi) is 24.4. The Morgan fingerprint density at radius 1 is 1.00 bits per heavy atom. The molecule has 7 heavy (non-hydrogen) atoms. The van der Waals surface area contributed by atoms with Gasteiger partial charge in [0, 0.05) is 11.1 Å². The first-order valence-corrected chi connectivity index (χ1v) is 3.25. The van der Waals surface area contributed by atoms with Crippen molar-refractivity contribution in [1.82, 2.24) is 0 Å². The lowest BCUT2D eigenvalue weighted by molar-refractivity contribution is 2.20. The third kappa shape index (κ3) is 45.9. The van der Waals surface area contributed by atoms with E-state index in [0.717, 1.165) is 0 Å². The molecule has 0 N–H and O–H groups in total. The molecule has 44 valence electrons. The van der Waals surface area contributed by atoms with E-state index in [4.69, 9.17) is 46.4 Å². The molecule has 0 bridgehead atoms. The second-order valence-electron chi connectivity index (χ2n) is 0.353. The minimum Gasteiger partial charge on any atom is -0.109 e. The summed E-state index contributed by atoms with van der Waals surface area (Å²) >= 11 is 19.3. The number of halogens is 4. The smallest absolute Gasteiger partial charge is 0.0967 e. The van der Waals surface area contributed by atoms with Gasteiger partial charge in [0.25, 0.3) is 0 Å². The SMILES string of the molecule is Cl/C=C/Cl.ClCCl. The molecule has 0 spiro atoms. The van der Waals surface area contributed by atoms with Gasteiger partial charge in [-0.15, -0.1) is 23.2 Å². The van der Waals surface area contributed by atoms with Crippen molar-refractivity contribution >= 4 is 46.4 Å². The van der Waals surface area contributed by atoms with Crippen LogP contribution in [-0.2, 0) is 0 Å². The molecule has 0 radical (unpaired) electrons. The second-order valence-corrected chi connectivity index (χ2v) is 1.67. The van der Waals surface area contributed by atoms with Crippen LogP contribution in [0.1, 0.15) is 0 Å². The van der Waals surface area contributed by atoms with E-state index in [1.807, 2.05) is 0 Å². The van der Waals surface area contributed by atoms with E-state index >= 15 is 0 Å². The fraction of sp³-hybridized carbons (Fsp3) is 0.333. The van der Waals surface area contributed by atoms with Gasteiger partial charge in [0.2, 0.25) is 0 Å². The van der Waals surface area contributed by atoms with Crippen molar-refractivity contribution in [3.05, 3.63) is 11.1 Å². The van der Waals surface area contributed by atoms with Gasteiger partial charge in [-0.25, -0.2) is 0 Å². The number of alkyl halides is 2. The van der Waals surface area contributed by atoms with Crippen LogP contribution in [0, 0.1) is 0 Å². The summed E-state index contributed by atoms with van der Waals surface area (Å²) in [7, 11) is 0. The molecule has 0 unspecified atom stereocenters. The van der Waals surface area contributed by atoms with Gasteiger partial charge < -0.3 is 0 Å². The average Bonchev–Trinajstić information content (AvgIpc) is 1.69. The van der Waals surface area contributed by atoms with E-state index in [1.54, 1.807) is 0 Å². The molecule has 0 fully saturated rings. The van der Waals surface area contributed by atoms with Gasteiger partial charge in [-0.1, -0.05) is 23.2 Å². The summed E-state index contributed by atoms with van der Waals surface area (Å²) in [6, 6.07) is 0. The molecule has 0 heterocycles. The Morgan fingerprint density at radius 2 is 1.14 bits per heavy atom.